The summed E-state index contributed by atoms with van der Waals surface area (Å²) in [6, 6.07) is 21.2. The number of aliphatic carboxylic acids is 1. The van der Waals surface area contributed by atoms with Crippen LogP contribution in [0.4, 0.5) is 0 Å². The van der Waals surface area contributed by atoms with Gasteiger partial charge in [0.05, 0.1) is 23.7 Å². The molecule has 0 radical (unpaired) electrons. The SMILES string of the molecule is Cc1ccc(-c2ccc(C3COc4cccc5c(O)c(CNCC(=O)O)c(=O)n3c45)cc2)cc1. The monoisotopic (exact) mass is 456 g/mol. The molecule has 2 heterocycles. The van der Waals surface area contributed by atoms with Gasteiger partial charge in [0.1, 0.15) is 18.1 Å². The number of pyridine rings is 1. The number of rotatable bonds is 6. The average molecular weight is 456 g/mol. The maximum atomic E-state index is 13.6. The summed E-state index contributed by atoms with van der Waals surface area (Å²) in [7, 11) is 0. The topological polar surface area (TPSA) is 101 Å². The smallest absolute Gasteiger partial charge is 0.317 e. The highest BCUT2D eigenvalue weighted by Gasteiger charge is 2.29. The van der Waals surface area contributed by atoms with Gasteiger partial charge >= 0.3 is 5.97 Å². The van der Waals surface area contributed by atoms with E-state index in [2.05, 4.69) is 36.5 Å². The number of aromatic hydroxyl groups is 1. The van der Waals surface area contributed by atoms with E-state index in [0.717, 1.165) is 16.7 Å². The Morgan fingerprint density at radius 2 is 1.74 bits per heavy atom. The van der Waals surface area contributed by atoms with Crippen LogP contribution in [0.25, 0.3) is 22.0 Å². The molecule has 3 N–H and O–H groups in total. The van der Waals surface area contributed by atoms with Crippen molar-refractivity contribution in [2.24, 2.45) is 0 Å². The number of hydrogen-bond donors (Lipinski definition) is 3. The number of carbonyl (C=O) groups is 1. The summed E-state index contributed by atoms with van der Waals surface area (Å²) in [6.07, 6.45) is 0. The van der Waals surface area contributed by atoms with Gasteiger partial charge in [-0.15, -0.1) is 0 Å². The molecule has 7 nitrogen and oxygen atoms in total. The van der Waals surface area contributed by atoms with Crippen LogP contribution in [0, 0.1) is 6.92 Å². The predicted molar refractivity (Wildman–Crippen MR) is 129 cm³/mol. The van der Waals surface area contributed by atoms with Gasteiger partial charge in [-0.05, 0) is 35.7 Å². The summed E-state index contributed by atoms with van der Waals surface area (Å²) in [6.45, 7) is 1.94. The first-order valence-electron chi connectivity index (χ1n) is 11.1. The third-order valence-corrected chi connectivity index (χ3v) is 6.22. The maximum Gasteiger partial charge on any atom is 0.317 e. The highest BCUT2D eigenvalue weighted by Crippen LogP contribution is 2.38. The van der Waals surface area contributed by atoms with Crippen LogP contribution in [0.15, 0.2) is 71.5 Å². The zero-order chi connectivity index (χ0) is 23.8. The van der Waals surface area contributed by atoms with Crippen molar-refractivity contribution in [2.75, 3.05) is 13.2 Å². The van der Waals surface area contributed by atoms with E-state index >= 15 is 0 Å². The lowest BCUT2D eigenvalue weighted by Gasteiger charge is -2.30. The summed E-state index contributed by atoms with van der Waals surface area (Å²) in [5.41, 5.74) is 4.58. The minimum atomic E-state index is -1.04. The zero-order valence-corrected chi connectivity index (χ0v) is 18.6. The van der Waals surface area contributed by atoms with Crippen LogP contribution in [0.1, 0.15) is 22.7 Å². The molecule has 1 unspecified atom stereocenters. The van der Waals surface area contributed by atoms with Gasteiger partial charge in [-0.3, -0.25) is 14.2 Å². The molecule has 1 atom stereocenters. The van der Waals surface area contributed by atoms with Crippen LogP contribution in [-0.4, -0.2) is 33.9 Å². The van der Waals surface area contributed by atoms with E-state index in [-0.39, 0.29) is 36.6 Å². The molecule has 4 aromatic rings. The van der Waals surface area contributed by atoms with Crippen molar-refractivity contribution in [1.29, 1.82) is 0 Å². The number of hydrogen-bond acceptors (Lipinski definition) is 5. The van der Waals surface area contributed by atoms with E-state index in [4.69, 9.17) is 9.84 Å². The van der Waals surface area contributed by atoms with Crippen LogP contribution in [0.3, 0.4) is 0 Å². The third-order valence-electron chi connectivity index (χ3n) is 6.22. The normalized spacial score (nSPS) is 14.7. The van der Waals surface area contributed by atoms with E-state index in [9.17, 15) is 14.7 Å². The molecule has 0 amide bonds. The van der Waals surface area contributed by atoms with Crippen molar-refractivity contribution < 1.29 is 19.7 Å². The summed E-state index contributed by atoms with van der Waals surface area (Å²) in [5.74, 6) is -0.665. The number of carboxylic acid groups (broad SMARTS) is 1. The molecule has 0 saturated heterocycles. The molecular formula is C27H24N2O5. The molecule has 0 saturated carbocycles. The van der Waals surface area contributed by atoms with Gasteiger partial charge in [0, 0.05) is 11.9 Å². The molecule has 34 heavy (non-hydrogen) atoms. The third kappa shape index (κ3) is 3.80. The Labute approximate surface area is 195 Å². The number of aryl methyl sites for hydroxylation is 1. The molecule has 5 rings (SSSR count). The molecule has 0 spiro atoms. The number of carboxylic acids is 1. The molecule has 1 aromatic heterocycles. The Hall–Kier alpha value is -4.10. The van der Waals surface area contributed by atoms with Crippen molar-refractivity contribution >= 4 is 16.9 Å². The molecule has 1 aliphatic heterocycles. The number of ether oxygens (including phenoxy) is 1. The molecule has 3 aromatic carbocycles. The van der Waals surface area contributed by atoms with Crippen molar-refractivity contribution in [3.8, 4) is 22.6 Å². The van der Waals surface area contributed by atoms with Crippen LogP contribution in [0.2, 0.25) is 0 Å². The van der Waals surface area contributed by atoms with Gasteiger partial charge in [0.2, 0.25) is 0 Å². The van der Waals surface area contributed by atoms with Gasteiger partial charge in [0.25, 0.3) is 5.56 Å². The lowest BCUT2D eigenvalue weighted by atomic mass is 9.98. The van der Waals surface area contributed by atoms with Gasteiger partial charge in [-0.1, -0.05) is 60.2 Å². The molecule has 0 aliphatic carbocycles. The van der Waals surface area contributed by atoms with E-state index in [1.807, 2.05) is 24.3 Å². The van der Waals surface area contributed by atoms with E-state index in [1.54, 1.807) is 22.8 Å². The van der Waals surface area contributed by atoms with Crippen LogP contribution >= 0.6 is 0 Å². The number of aromatic nitrogens is 1. The Morgan fingerprint density at radius 1 is 1.06 bits per heavy atom. The first-order valence-corrected chi connectivity index (χ1v) is 11.1. The summed E-state index contributed by atoms with van der Waals surface area (Å²) in [4.78, 5) is 24.5. The second kappa shape index (κ2) is 8.68. The largest absolute Gasteiger partial charge is 0.507 e. The zero-order valence-electron chi connectivity index (χ0n) is 18.6. The summed E-state index contributed by atoms with van der Waals surface area (Å²) in [5, 5.41) is 23.0. The van der Waals surface area contributed by atoms with Gasteiger partial charge in [-0.25, -0.2) is 0 Å². The van der Waals surface area contributed by atoms with Gasteiger partial charge < -0.3 is 20.3 Å². The first-order chi connectivity index (χ1) is 16.4. The van der Waals surface area contributed by atoms with Crippen LogP contribution in [-0.2, 0) is 11.3 Å². The van der Waals surface area contributed by atoms with E-state index < -0.39 is 12.0 Å². The Balaban J connectivity index is 1.59. The lowest BCUT2D eigenvalue weighted by Crippen LogP contribution is -2.36. The fourth-order valence-electron chi connectivity index (χ4n) is 4.47. The second-order valence-corrected chi connectivity index (χ2v) is 8.47. The maximum absolute atomic E-state index is 13.6. The quantitative estimate of drug-likeness (QED) is 0.408. The summed E-state index contributed by atoms with van der Waals surface area (Å²) >= 11 is 0. The van der Waals surface area contributed by atoms with Crippen molar-refractivity contribution in [3.63, 3.8) is 0 Å². The Kier molecular flexibility index (Phi) is 5.55. The fraction of sp³-hybridized carbons (Fsp3) is 0.185. The van der Waals surface area contributed by atoms with E-state index in [0.29, 0.717) is 16.7 Å². The van der Waals surface area contributed by atoms with Crippen molar-refractivity contribution in [2.45, 2.75) is 19.5 Å². The lowest BCUT2D eigenvalue weighted by molar-refractivity contribution is -0.136. The minimum absolute atomic E-state index is 0.0585. The molecule has 7 heteroatoms. The standard InChI is InChI=1S/C27H24N2O5/c1-16-5-7-17(8-6-16)18-9-11-19(12-10-18)22-15-34-23-4-2-3-20-25(23)29(22)27(33)21(26(20)32)13-28-14-24(30)31/h2-12,22,28,32H,13-15H2,1H3,(H,30,31). The molecule has 0 fully saturated rings. The number of benzene rings is 3. The van der Waals surface area contributed by atoms with Gasteiger partial charge in [-0.2, -0.15) is 0 Å². The van der Waals surface area contributed by atoms with Crippen molar-refractivity contribution in [3.05, 3.63) is 93.8 Å². The van der Waals surface area contributed by atoms with Gasteiger partial charge in [0.15, 0.2) is 0 Å². The minimum Gasteiger partial charge on any atom is -0.507 e. The Morgan fingerprint density at radius 3 is 2.41 bits per heavy atom. The fourth-order valence-corrected chi connectivity index (χ4v) is 4.47. The molecular weight excluding hydrogens is 432 g/mol. The predicted octanol–water partition coefficient (Wildman–Crippen LogP) is 3.84. The number of para-hydroxylation sites is 1. The first kappa shape index (κ1) is 21.7. The Bertz CT molecular complexity index is 1440. The molecule has 172 valence electrons. The highest BCUT2D eigenvalue weighted by molar-refractivity contribution is 5.91. The average Bonchev–Trinajstić information content (AvgIpc) is 2.84. The second-order valence-electron chi connectivity index (χ2n) is 8.47. The highest BCUT2D eigenvalue weighted by atomic mass is 16.5. The molecule has 1 aliphatic rings. The van der Waals surface area contributed by atoms with Crippen LogP contribution in [0.5, 0.6) is 11.5 Å². The van der Waals surface area contributed by atoms with Crippen molar-refractivity contribution in [1.82, 2.24) is 9.88 Å². The van der Waals surface area contributed by atoms with Crippen LogP contribution < -0.4 is 15.6 Å². The summed E-state index contributed by atoms with van der Waals surface area (Å²) < 4.78 is 7.65. The number of nitrogens with zero attached hydrogens (tertiary/aromatic N) is 1. The van der Waals surface area contributed by atoms with E-state index in [1.165, 1.54) is 5.56 Å². The molecule has 0 bridgehead atoms. The number of nitrogens with one attached hydrogen (secondary N) is 1.